The van der Waals surface area contributed by atoms with Gasteiger partial charge in [-0.15, -0.1) is 0 Å². The van der Waals surface area contributed by atoms with Gasteiger partial charge in [0.1, 0.15) is 5.75 Å². The summed E-state index contributed by atoms with van der Waals surface area (Å²) in [5.41, 5.74) is 4.81. The quantitative estimate of drug-likeness (QED) is 0.614. The summed E-state index contributed by atoms with van der Waals surface area (Å²) in [6, 6.07) is 12.4. The molecule has 0 aromatic heterocycles. The van der Waals surface area contributed by atoms with Crippen molar-refractivity contribution in [2.45, 2.75) is 13.8 Å². The molecule has 0 bridgehead atoms. The number of hydrogen-bond donors (Lipinski definition) is 2. The molecule has 2 N–H and O–H groups in total. The van der Waals surface area contributed by atoms with Gasteiger partial charge in [-0.2, -0.15) is 5.10 Å². The Hall–Kier alpha value is -2.86. The molecule has 0 saturated carbocycles. The molecule has 0 spiro atoms. The van der Waals surface area contributed by atoms with Crippen LogP contribution in [0.15, 0.2) is 47.6 Å². The minimum Gasteiger partial charge on any atom is -0.482 e. The maximum absolute atomic E-state index is 11.9. The Balaban J connectivity index is 1.89. The van der Waals surface area contributed by atoms with E-state index in [1.54, 1.807) is 18.2 Å². The van der Waals surface area contributed by atoms with Crippen LogP contribution in [0, 0.1) is 6.92 Å². The van der Waals surface area contributed by atoms with Crippen molar-refractivity contribution >= 4 is 35.3 Å². The number of nitrogens with zero attached hydrogens (tertiary/aromatic N) is 1. The lowest BCUT2D eigenvalue weighted by molar-refractivity contribution is -0.119. The lowest BCUT2D eigenvalue weighted by Crippen LogP contribution is -2.20. The molecule has 2 amide bonds. The van der Waals surface area contributed by atoms with E-state index in [-0.39, 0.29) is 18.4 Å². The maximum Gasteiger partial charge on any atom is 0.262 e. The first-order chi connectivity index (χ1) is 11.9. The topological polar surface area (TPSA) is 79.8 Å². The van der Waals surface area contributed by atoms with Gasteiger partial charge in [0.05, 0.1) is 11.2 Å². The molecule has 2 aromatic carbocycles. The number of ether oxygens (including phenoxy) is 1. The number of rotatable bonds is 6. The van der Waals surface area contributed by atoms with E-state index in [1.165, 1.54) is 13.1 Å². The summed E-state index contributed by atoms with van der Waals surface area (Å²) in [5, 5.41) is 6.83. The predicted octanol–water partition coefficient (Wildman–Crippen LogP) is 3.14. The number of nitrogens with one attached hydrogen (secondary N) is 2. The molecule has 2 rings (SSSR count). The Morgan fingerprint density at radius 2 is 1.92 bits per heavy atom. The van der Waals surface area contributed by atoms with Crippen LogP contribution in [0.25, 0.3) is 0 Å². The zero-order valence-electron chi connectivity index (χ0n) is 13.9. The fourth-order valence-corrected chi connectivity index (χ4v) is 2.13. The standard InChI is InChI=1S/C18H18ClN3O3/c1-12-3-6-15(7-4-12)21-18(24)11-25-17-8-5-14(9-16(17)19)10-20-22-13(2)23/h3-10H,11H2,1-2H3,(H,21,24)(H,22,23)/b20-10-. The molecule has 7 heteroatoms. The summed E-state index contributed by atoms with van der Waals surface area (Å²) < 4.78 is 5.43. The van der Waals surface area contributed by atoms with Crippen molar-refractivity contribution in [1.29, 1.82) is 0 Å². The number of benzene rings is 2. The molecule has 0 fully saturated rings. The Kier molecular flexibility index (Phi) is 6.54. The summed E-state index contributed by atoms with van der Waals surface area (Å²) in [7, 11) is 0. The summed E-state index contributed by atoms with van der Waals surface area (Å²) in [6.45, 7) is 3.18. The van der Waals surface area contributed by atoms with Gasteiger partial charge < -0.3 is 10.1 Å². The Bertz CT molecular complexity index is 789. The van der Waals surface area contributed by atoms with E-state index in [9.17, 15) is 9.59 Å². The van der Waals surface area contributed by atoms with Gasteiger partial charge in [0.25, 0.3) is 5.91 Å². The van der Waals surface area contributed by atoms with Crippen LogP contribution in [0.4, 0.5) is 5.69 Å². The van der Waals surface area contributed by atoms with Crippen LogP contribution in [0.2, 0.25) is 5.02 Å². The van der Waals surface area contributed by atoms with Gasteiger partial charge >= 0.3 is 0 Å². The van der Waals surface area contributed by atoms with Crippen LogP contribution in [-0.4, -0.2) is 24.6 Å². The SMILES string of the molecule is CC(=O)N/N=C\c1ccc(OCC(=O)Nc2ccc(C)cc2)c(Cl)c1. The van der Waals surface area contributed by atoms with Gasteiger partial charge in [0, 0.05) is 12.6 Å². The van der Waals surface area contributed by atoms with Crippen molar-refractivity contribution in [1.82, 2.24) is 5.43 Å². The third-order valence-electron chi connectivity index (χ3n) is 3.09. The van der Waals surface area contributed by atoms with Gasteiger partial charge in [0.2, 0.25) is 5.91 Å². The molecule has 0 aliphatic carbocycles. The molecule has 0 heterocycles. The lowest BCUT2D eigenvalue weighted by Gasteiger charge is -2.09. The second-order valence-electron chi connectivity index (χ2n) is 5.32. The van der Waals surface area contributed by atoms with Crippen molar-refractivity contribution in [2.24, 2.45) is 5.10 Å². The smallest absolute Gasteiger partial charge is 0.262 e. The molecule has 130 valence electrons. The highest BCUT2D eigenvalue weighted by atomic mass is 35.5. The van der Waals surface area contributed by atoms with Crippen LogP contribution in [0.1, 0.15) is 18.1 Å². The molecular weight excluding hydrogens is 342 g/mol. The van der Waals surface area contributed by atoms with E-state index in [1.807, 2.05) is 31.2 Å². The molecule has 0 radical (unpaired) electrons. The second kappa shape index (κ2) is 8.84. The van der Waals surface area contributed by atoms with E-state index in [4.69, 9.17) is 16.3 Å². The number of amides is 2. The fourth-order valence-electron chi connectivity index (χ4n) is 1.89. The second-order valence-corrected chi connectivity index (χ2v) is 5.73. The number of anilines is 1. The number of halogens is 1. The first-order valence-electron chi connectivity index (χ1n) is 7.52. The van der Waals surface area contributed by atoms with E-state index < -0.39 is 0 Å². The molecule has 0 atom stereocenters. The summed E-state index contributed by atoms with van der Waals surface area (Å²) in [5.74, 6) is -0.157. The monoisotopic (exact) mass is 359 g/mol. The van der Waals surface area contributed by atoms with E-state index >= 15 is 0 Å². The largest absolute Gasteiger partial charge is 0.482 e. The van der Waals surface area contributed by atoms with Gasteiger partial charge in [-0.05, 0) is 42.8 Å². The van der Waals surface area contributed by atoms with Crippen molar-refractivity contribution in [2.75, 3.05) is 11.9 Å². The highest BCUT2D eigenvalue weighted by Gasteiger charge is 2.07. The zero-order valence-corrected chi connectivity index (χ0v) is 14.6. The highest BCUT2D eigenvalue weighted by molar-refractivity contribution is 6.32. The van der Waals surface area contributed by atoms with Crippen molar-refractivity contribution in [3.63, 3.8) is 0 Å². The number of carbonyl (C=O) groups is 2. The third-order valence-corrected chi connectivity index (χ3v) is 3.38. The fraction of sp³-hybridized carbons (Fsp3) is 0.167. The number of aryl methyl sites for hydroxylation is 1. The van der Waals surface area contributed by atoms with Gasteiger partial charge in [-0.1, -0.05) is 29.3 Å². The first kappa shape index (κ1) is 18.5. The average Bonchev–Trinajstić information content (AvgIpc) is 2.56. The van der Waals surface area contributed by atoms with Gasteiger partial charge in [-0.3, -0.25) is 9.59 Å². The van der Waals surface area contributed by atoms with E-state index in [2.05, 4.69) is 15.8 Å². The molecule has 6 nitrogen and oxygen atoms in total. The molecule has 0 saturated heterocycles. The van der Waals surface area contributed by atoms with Gasteiger partial charge in [-0.25, -0.2) is 5.43 Å². The number of carbonyl (C=O) groups excluding carboxylic acids is 2. The lowest BCUT2D eigenvalue weighted by atomic mass is 10.2. The maximum atomic E-state index is 11.9. The Labute approximate surface area is 150 Å². The predicted molar refractivity (Wildman–Crippen MR) is 98.2 cm³/mol. The minimum atomic E-state index is -0.281. The van der Waals surface area contributed by atoms with Gasteiger partial charge in [0.15, 0.2) is 6.61 Å². The van der Waals surface area contributed by atoms with Crippen LogP contribution in [0.3, 0.4) is 0 Å². The third kappa shape index (κ3) is 6.27. The van der Waals surface area contributed by atoms with E-state index in [0.29, 0.717) is 22.0 Å². The van der Waals surface area contributed by atoms with Crippen molar-refractivity contribution in [3.05, 3.63) is 58.6 Å². The van der Waals surface area contributed by atoms with Crippen molar-refractivity contribution in [3.8, 4) is 5.75 Å². The van der Waals surface area contributed by atoms with Crippen molar-refractivity contribution < 1.29 is 14.3 Å². The Morgan fingerprint density at radius 3 is 2.56 bits per heavy atom. The number of hydrogen-bond acceptors (Lipinski definition) is 4. The van der Waals surface area contributed by atoms with Crippen LogP contribution in [-0.2, 0) is 9.59 Å². The first-order valence-corrected chi connectivity index (χ1v) is 7.90. The molecule has 0 unspecified atom stereocenters. The molecule has 2 aromatic rings. The zero-order chi connectivity index (χ0) is 18.2. The molecule has 0 aliphatic rings. The summed E-state index contributed by atoms with van der Waals surface area (Å²) in [6.07, 6.45) is 1.46. The summed E-state index contributed by atoms with van der Waals surface area (Å²) >= 11 is 6.13. The summed E-state index contributed by atoms with van der Waals surface area (Å²) in [4.78, 5) is 22.7. The van der Waals surface area contributed by atoms with Crippen LogP contribution >= 0.6 is 11.6 Å². The van der Waals surface area contributed by atoms with Crippen LogP contribution < -0.4 is 15.5 Å². The normalized spacial score (nSPS) is 10.5. The highest BCUT2D eigenvalue weighted by Crippen LogP contribution is 2.25. The molecule has 0 aliphatic heterocycles. The Morgan fingerprint density at radius 1 is 1.20 bits per heavy atom. The molecular formula is C18H18ClN3O3. The van der Waals surface area contributed by atoms with E-state index in [0.717, 1.165) is 5.56 Å². The average molecular weight is 360 g/mol. The van der Waals surface area contributed by atoms with Crippen LogP contribution in [0.5, 0.6) is 5.75 Å². The molecule has 25 heavy (non-hydrogen) atoms. The minimum absolute atomic E-state index is 0.160. The number of hydrazone groups is 1.